The highest BCUT2D eigenvalue weighted by atomic mass is 16.7. The zero-order valence-electron chi connectivity index (χ0n) is 12.1. The van der Waals surface area contributed by atoms with Crippen LogP contribution in [0.25, 0.3) is 11.3 Å². The Hall–Kier alpha value is -2.54. The van der Waals surface area contributed by atoms with E-state index in [1.807, 2.05) is 18.2 Å². The van der Waals surface area contributed by atoms with Crippen molar-refractivity contribution in [2.45, 2.75) is 6.42 Å². The number of carbonyl (C=O) groups is 1. The molecular formula is C15H16N2O5. The van der Waals surface area contributed by atoms with Crippen LogP contribution in [0.5, 0.6) is 11.5 Å². The minimum absolute atomic E-state index is 0.123. The van der Waals surface area contributed by atoms with E-state index < -0.39 is 0 Å². The number of nitrogens with zero attached hydrogens (tertiary/aromatic N) is 1. The van der Waals surface area contributed by atoms with Gasteiger partial charge in [-0.3, -0.25) is 4.79 Å². The Balaban J connectivity index is 1.65. The Bertz CT molecular complexity index is 668. The Kier molecular flexibility index (Phi) is 4.24. The number of hydrogen-bond acceptors (Lipinski definition) is 6. The molecule has 7 heteroatoms. The van der Waals surface area contributed by atoms with Crippen LogP contribution in [-0.2, 0) is 16.0 Å². The lowest BCUT2D eigenvalue weighted by Crippen LogP contribution is -2.28. The van der Waals surface area contributed by atoms with Crippen LogP contribution >= 0.6 is 0 Å². The van der Waals surface area contributed by atoms with Crippen LogP contribution in [0.4, 0.5) is 0 Å². The first kappa shape index (κ1) is 14.4. The molecule has 1 aliphatic rings. The fourth-order valence-corrected chi connectivity index (χ4v) is 2.10. The zero-order chi connectivity index (χ0) is 15.4. The van der Waals surface area contributed by atoms with Crippen LogP contribution in [0.1, 0.15) is 5.69 Å². The van der Waals surface area contributed by atoms with Crippen molar-refractivity contribution in [2.75, 3.05) is 27.1 Å². The highest BCUT2D eigenvalue weighted by Gasteiger charge is 2.16. The summed E-state index contributed by atoms with van der Waals surface area (Å²) >= 11 is 0. The van der Waals surface area contributed by atoms with E-state index in [1.165, 1.54) is 0 Å². The van der Waals surface area contributed by atoms with Gasteiger partial charge in [-0.15, -0.1) is 0 Å². The maximum atomic E-state index is 11.7. The van der Waals surface area contributed by atoms with E-state index >= 15 is 0 Å². The molecule has 2 aromatic rings. The van der Waals surface area contributed by atoms with Gasteiger partial charge in [-0.1, -0.05) is 5.16 Å². The van der Waals surface area contributed by atoms with Gasteiger partial charge in [-0.25, -0.2) is 0 Å². The first-order chi connectivity index (χ1) is 10.8. The average Bonchev–Trinajstić information content (AvgIpc) is 3.15. The van der Waals surface area contributed by atoms with Crippen LogP contribution in [0.3, 0.4) is 0 Å². The predicted octanol–water partition coefficient (Wildman–Crippen LogP) is 1.38. The summed E-state index contributed by atoms with van der Waals surface area (Å²) in [4.78, 5) is 11.7. The van der Waals surface area contributed by atoms with Crippen molar-refractivity contribution in [1.82, 2.24) is 10.5 Å². The van der Waals surface area contributed by atoms with Gasteiger partial charge < -0.3 is 24.1 Å². The summed E-state index contributed by atoms with van der Waals surface area (Å²) in [6, 6.07) is 7.24. The Morgan fingerprint density at radius 3 is 3.05 bits per heavy atom. The molecule has 1 amide bonds. The molecule has 1 aliphatic heterocycles. The number of benzene rings is 1. The van der Waals surface area contributed by atoms with Crippen LogP contribution in [-0.4, -0.2) is 38.1 Å². The summed E-state index contributed by atoms with van der Waals surface area (Å²) in [6.45, 7) is 1.18. The number of nitrogens with one attached hydrogen (secondary N) is 1. The van der Waals surface area contributed by atoms with E-state index in [9.17, 15) is 4.79 Å². The number of carbonyl (C=O) groups excluding carboxylic acids is 1. The third-order valence-corrected chi connectivity index (χ3v) is 3.19. The van der Waals surface area contributed by atoms with Crippen molar-refractivity contribution in [3.63, 3.8) is 0 Å². The van der Waals surface area contributed by atoms with E-state index in [2.05, 4.69) is 10.5 Å². The zero-order valence-corrected chi connectivity index (χ0v) is 12.1. The van der Waals surface area contributed by atoms with Gasteiger partial charge in [0, 0.05) is 25.3 Å². The van der Waals surface area contributed by atoms with Gasteiger partial charge in [-0.05, 0) is 18.2 Å². The molecule has 1 N–H and O–H groups in total. The third kappa shape index (κ3) is 3.20. The second-order valence-electron chi connectivity index (χ2n) is 4.77. The summed E-state index contributed by atoms with van der Waals surface area (Å²) in [5.74, 6) is 1.84. The largest absolute Gasteiger partial charge is 0.454 e. The second kappa shape index (κ2) is 6.48. The average molecular weight is 304 g/mol. The summed E-state index contributed by atoms with van der Waals surface area (Å²) in [5, 5.41) is 6.65. The molecular weight excluding hydrogens is 288 g/mol. The Morgan fingerprint density at radius 2 is 2.18 bits per heavy atom. The van der Waals surface area contributed by atoms with Crippen LogP contribution in [0, 0.1) is 0 Å². The highest BCUT2D eigenvalue weighted by Crippen LogP contribution is 2.35. The molecule has 1 aromatic carbocycles. The third-order valence-electron chi connectivity index (χ3n) is 3.19. The monoisotopic (exact) mass is 304 g/mol. The summed E-state index contributed by atoms with van der Waals surface area (Å²) in [7, 11) is 1.58. The first-order valence-electron chi connectivity index (χ1n) is 6.87. The van der Waals surface area contributed by atoms with Gasteiger partial charge in [0.15, 0.2) is 17.3 Å². The van der Waals surface area contributed by atoms with Gasteiger partial charge in [0.05, 0.1) is 18.7 Å². The maximum Gasteiger partial charge on any atom is 0.231 e. The molecule has 0 spiro atoms. The molecule has 1 aromatic heterocycles. The normalized spacial score (nSPS) is 12.4. The summed E-state index contributed by atoms with van der Waals surface area (Å²) in [5.41, 5.74) is 1.39. The SMILES string of the molecule is COCCNC(=O)Cc1cc(-c2ccc3c(c2)OCO3)on1. The van der Waals surface area contributed by atoms with E-state index in [4.69, 9.17) is 18.7 Å². The molecule has 0 saturated heterocycles. The fourth-order valence-electron chi connectivity index (χ4n) is 2.10. The molecule has 22 heavy (non-hydrogen) atoms. The second-order valence-corrected chi connectivity index (χ2v) is 4.77. The smallest absolute Gasteiger partial charge is 0.231 e. The number of aromatic nitrogens is 1. The molecule has 0 radical (unpaired) electrons. The fraction of sp³-hybridized carbons (Fsp3) is 0.333. The molecule has 7 nitrogen and oxygen atoms in total. The van der Waals surface area contributed by atoms with Crippen molar-refractivity contribution in [3.8, 4) is 22.8 Å². The standard InChI is InChI=1S/C15H16N2O5/c1-19-5-4-16-15(18)8-11-7-13(22-17-11)10-2-3-12-14(6-10)21-9-20-12/h2-3,6-7H,4-5,8-9H2,1H3,(H,16,18). The Labute approximate surface area is 127 Å². The van der Waals surface area contributed by atoms with Crippen molar-refractivity contribution in [2.24, 2.45) is 0 Å². The molecule has 0 unspecified atom stereocenters. The van der Waals surface area contributed by atoms with Gasteiger partial charge >= 0.3 is 0 Å². The quantitative estimate of drug-likeness (QED) is 0.812. The first-order valence-corrected chi connectivity index (χ1v) is 6.87. The molecule has 0 bridgehead atoms. The number of ether oxygens (including phenoxy) is 3. The van der Waals surface area contributed by atoms with Gasteiger partial charge in [0.2, 0.25) is 12.7 Å². The number of fused-ring (bicyclic) bond motifs is 1. The van der Waals surface area contributed by atoms with E-state index in [0.29, 0.717) is 36.1 Å². The maximum absolute atomic E-state index is 11.7. The molecule has 0 aliphatic carbocycles. The van der Waals surface area contributed by atoms with E-state index in [-0.39, 0.29) is 19.1 Å². The van der Waals surface area contributed by atoms with Gasteiger partial charge in [0.1, 0.15) is 0 Å². The minimum Gasteiger partial charge on any atom is -0.454 e. The molecule has 116 valence electrons. The number of rotatable bonds is 6. The molecule has 0 atom stereocenters. The minimum atomic E-state index is -0.123. The van der Waals surface area contributed by atoms with Crippen molar-refractivity contribution in [3.05, 3.63) is 30.0 Å². The Morgan fingerprint density at radius 1 is 1.32 bits per heavy atom. The topological polar surface area (TPSA) is 82.8 Å². The van der Waals surface area contributed by atoms with Gasteiger partial charge in [-0.2, -0.15) is 0 Å². The van der Waals surface area contributed by atoms with E-state index in [0.717, 1.165) is 5.56 Å². The number of methoxy groups -OCH3 is 1. The van der Waals surface area contributed by atoms with Crippen LogP contribution in [0.15, 0.2) is 28.8 Å². The lowest BCUT2D eigenvalue weighted by atomic mass is 10.1. The van der Waals surface area contributed by atoms with Crippen LogP contribution in [0.2, 0.25) is 0 Å². The van der Waals surface area contributed by atoms with Crippen LogP contribution < -0.4 is 14.8 Å². The summed E-state index contributed by atoms with van der Waals surface area (Å²) in [6.07, 6.45) is 0.164. The van der Waals surface area contributed by atoms with E-state index in [1.54, 1.807) is 13.2 Å². The summed E-state index contributed by atoms with van der Waals surface area (Å²) < 4.78 is 20.7. The predicted molar refractivity (Wildman–Crippen MR) is 76.7 cm³/mol. The molecule has 2 heterocycles. The van der Waals surface area contributed by atoms with Crippen molar-refractivity contribution < 1.29 is 23.5 Å². The van der Waals surface area contributed by atoms with Gasteiger partial charge in [0.25, 0.3) is 0 Å². The molecule has 3 rings (SSSR count). The number of amides is 1. The number of hydrogen-bond donors (Lipinski definition) is 1. The van der Waals surface area contributed by atoms with Crippen molar-refractivity contribution in [1.29, 1.82) is 0 Å². The lowest BCUT2D eigenvalue weighted by molar-refractivity contribution is -0.120. The lowest BCUT2D eigenvalue weighted by Gasteiger charge is -2.01. The molecule has 0 saturated carbocycles. The van der Waals surface area contributed by atoms with Crippen molar-refractivity contribution >= 4 is 5.91 Å². The molecule has 0 fully saturated rings. The highest BCUT2D eigenvalue weighted by molar-refractivity contribution is 5.78.